The maximum Gasteiger partial charge on any atom is 0.326 e. The molecule has 0 aromatic carbocycles. The van der Waals surface area contributed by atoms with Crippen LogP contribution < -0.4 is 22.3 Å². The molecule has 0 bridgehead atoms. The first-order valence-electron chi connectivity index (χ1n) is 5.63. The topological polar surface area (TPSA) is 141 Å². The summed E-state index contributed by atoms with van der Waals surface area (Å²) < 4.78 is 0. The molecule has 1 aliphatic rings. The fourth-order valence-electron chi connectivity index (χ4n) is 1.94. The van der Waals surface area contributed by atoms with Gasteiger partial charge in [0.25, 0.3) is 11.5 Å². The van der Waals surface area contributed by atoms with Gasteiger partial charge in [0.05, 0.1) is 0 Å². The first-order chi connectivity index (χ1) is 8.99. The fraction of sp³-hybridized carbons (Fsp3) is 0.400. The standard InChI is InChI=1S/C10H13N5O4/c11-8(17)6-4-12-1-2-15(6)9(18)5-3-7(16)14-10(19)13-5/h3,6,12H,1-2,4H2,(H2,11,17)(H2,13,14,16,19). The van der Waals surface area contributed by atoms with E-state index in [1.54, 1.807) is 0 Å². The monoisotopic (exact) mass is 267 g/mol. The summed E-state index contributed by atoms with van der Waals surface area (Å²) in [6.45, 7) is 1.01. The predicted octanol–water partition coefficient (Wildman–Crippen LogP) is -3.04. The molecule has 9 nitrogen and oxygen atoms in total. The van der Waals surface area contributed by atoms with E-state index in [-0.39, 0.29) is 18.8 Å². The molecule has 1 aromatic rings. The Bertz CT molecular complexity index is 591. The maximum atomic E-state index is 12.2. The summed E-state index contributed by atoms with van der Waals surface area (Å²) in [5.41, 5.74) is 3.60. The highest BCUT2D eigenvalue weighted by Gasteiger charge is 2.31. The second kappa shape index (κ2) is 5.06. The largest absolute Gasteiger partial charge is 0.368 e. The number of aromatic amines is 2. The number of aromatic nitrogens is 2. The molecule has 1 atom stereocenters. The lowest BCUT2D eigenvalue weighted by Gasteiger charge is -2.33. The number of rotatable bonds is 2. The average Bonchev–Trinajstić information content (AvgIpc) is 2.36. The van der Waals surface area contributed by atoms with Gasteiger partial charge < -0.3 is 20.9 Å². The summed E-state index contributed by atoms with van der Waals surface area (Å²) in [5, 5.41) is 2.94. The summed E-state index contributed by atoms with van der Waals surface area (Å²) in [5.74, 6) is -1.25. The lowest BCUT2D eigenvalue weighted by Crippen LogP contribution is -2.59. The molecule has 2 heterocycles. The Labute approximate surface area is 106 Å². The van der Waals surface area contributed by atoms with Crippen molar-refractivity contribution in [3.63, 3.8) is 0 Å². The van der Waals surface area contributed by atoms with Crippen LogP contribution in [-0.2, 0) is 4.79 Å². The second-order valence-corrected chi connectivity index (χ2v) is 4.12. The summed E-state index contributed by atoms with van der Waals surface area (Å²) in [7, 11) is 0. The number of nitrogens with one attached hydrogen (secondary N) is 3. The second-order valence-electron chi connectivity index (χ2n) is 4.12. The number of hydrogen-bond donors (Lipinski definition) is 4. The van der Waals surface area contributed by atoms with E-state index in [1.165, 1.54) is 4.90 Å². The number of carbonyl (C=O) groups is 2. The van der Waals surface area contributed by atoms with Crippen molar-refractivity contribution in [2.75, 3.05) is 19.6 Å². The van der Waals surface area contributed by atoms with E-state index in [9.17, 15) is 19.2 Å². The lowest BCUT2D eigenvalue weighted by atomic mass is 10.1. The van der Waals surface area contributed by atoms with Crippen molar-refractivity contribution < 1.29 is 9.59 Å². The molecule has 1 unspecified atom stereocenters. The summed E-state index contributed by atoms with van der Waals surface area (Å²) in [6.07, 6.45) is 0. The van der Waals surface area contributed by atoms with E-state index >= 15 is 0 Å². The van der Waals surface area contributed by atoms with Gasteiger partial charge in [0.15, 0.2) is 0 Å². The minimum atomic E-state index is -0.802. The maximum absolute atomic E-state index is 12.2. The van der Waals surface area contributed by atoms with E-state index in [2.05, 4.69) is 10.3 Å². The van der Waals surface area contributed by atoms with Crippen LogP contribution in [0.5, 0.6) is 0 Å². The van der Waals surface area contributed by atoms with Crippen LogP contribution in [0.4, 0.5) is 0 Å². The number of nitrogens with two attached hydrogens (primary N) is 1. The number of nitrogens with zero attached hydrogens (tertiary/aromatic N) is 1. The molecular weight excluding hydrogens is 254 g/mol. The highest BCUT2D eigenvalue weighted by molar-refractivity contribution is 5.96. The van der Waals surface area contributed by atoms with Gasteiger partial charge in [-0.1, -0.05) is 0 Å². The number of H-pyrrole nitrogens is 2. The van der Waals surface area contributed by atoms with Gasteiger partial charge >= 0.3 is 5.69 Å². The van der Waals surface area contributed by atoms with Gasteiger partial charge in [0.2, 0.25) is 5.91 Å². The number of amides is 2. The molecule has 0 aliphatic carbocycles. The van der Waals surface area contributed by atoms with Crippen molar-refractivity contribution in [2.45, 2.75) is 6.04 Å². The number of hydrogen-bond acceptors (Lipinski definition) is 5. The Hall–Kier alpha value is -2.42. The van der Waals surface area contributed by atoms with Crippen LogP contribution in [0.15, 0.2) is 15.7 Å². The highest BCUT2D eigenvalue weighted by Crippen LogP contribution is 2.07. The number of primary amides is 1. The Kier molecular flexibility index (Phi) is 3.47. The summed E-state index contributed by atoms with van der Waals surface area (Å²) >= 11 is 0. The molecule has 5 N–H and O–H groups in total. The van der Waals surface area contributed by atoms with Gasteiger partial charge in [-0.05, 0) is 0 Å². The van der Waals surface area contributed by atoms with E-state index < -0.39 is 29.1 Å². The molecule has 19 heavy (non-hydrogen) atoms. The van der Waals surface area contributed by atoms with Gasteiger partial charge in [0, 0.05) is 25.7 Å². The van der Waals surface area contributed by atoms with Crippen LogP contribution in [0.3, 0.4) is 0 Å². The van der Waals surface area contributed by atoms with Crippen molar-refractivity contribution in [2.24, 2.45) is 5.73 Å². The Morgan fingerprint density at radius 2 is 2.05 bits per heavy atom. The highest BCUT2D eigenvalue weighted by atomic mass is 16.2. The van der Waals surface area contributed by atoms with Crippen LogP contribution in [0.25, 0.3) is 0 Å². The Balaban J connectivity index is 2.33. The lowest BCUT2D eigenvalue weighted by molar-refractivity contribution is -0.122. The molecule has 1 aromatic heterocycles. The quantitative estimate of drug-likeness (QED) is 0.451. The molecule has 1 saturated heterocycles. The van der Waals surface area contributed by atoms with Gasteiger partial charge in [0.1, 0.15) is 11.7 Å². The minimum absolute atomic E-state index is 0.165. The van der Waals surface area contributed by atoms with Gasteiger partial charge in [-0.2, -0.15) is 0 Å². The van der Waals surface area contributed by atoms with Crippen molar-refractivity contribution >= 4 is 11.8 Å². The summed E-state index contributed by atoms with van der Waals surface area (Å²) in [6, 6.07) is 0.174. The van der Waals surface area contributed by atoms with E-state index in [0.717, 1.165) is 6.07 Å². The van der Waals surface area contributed by atoms with E-state index in [0.29, 0.717) is 6.54 Å². The third-order valence-corrected chi connectivity index (χ3v) is 2.82. The number of piperazine rings is 1. The van der Waals surface area contributed by atoms with Crippen LogP contribution >= 0.6 is 0 Å². The zero-order valence-corrected chi connectivity index (χ0v) is 9.93. The molecule has 9 heteroatoms. The van der Waals surface area contributed by atoms with Crippen molar-refractivity contribution in [1.82, 2.24) is 20.2 Å². The predicted molar refractivity (Wildman–Crippen MR) is 64.6 cm³/mol. The van der Waals surface area contributed by atoms with Crippen molar-refractivity contribution in [1.29, 1.82) is 0 Å². The molecular formula is C10H13N5O4. The minimum Gasteiger partial charge on any atom is -0.368 e. The molecule has 1 fully saturated rings. The van der Waals surface area contributed by atoms with Gasteiger partial charge in [-0.3, -0.25) is 19.4 Å². The molecule has 2 amide bonds. The first kappa shape index (κ1) is 13.0. The van der Waals surface area contributed by atoms with E-state index in [4.69, 9.17) is 5.73 Å². The molecule has 102 valence electrons. The smallest absolute Gasteiger partial charge is 0.326 e. The molecule has 0 radical (unpaired) electrons. The van der Waals surface area contributed by atoms with E-state index in [1.807, 2.05) is 4.98 Å². The van der Waals surface area contributed by atoms with Crippen molar-refractivity contribution in [3.05, 3.63) is 32.6 Å². The number of carbonyl (C=O) groups excluding carboxylic acids is 2. The molecule has 1 aliphatic heterocycles. The van der Waals surface area contributed by atoms with Crippen molar-refractivity contribution in [3.8, 4) is 0 Å². The summed E-state index contributed by atoms with van der Waals surface area (Å²) in [4.78, 5) is 51.2. The molecule has 0 spiro atoms. The Morgan fingerprint density at radius 3 is 2.68 bits per heavy atom. The first-order valence-corrected chi connectivity index (χ1v) is 5.63. The molecule has 2 rings (SSSR count). The third kappa shape index (κ3) is 2.71. The van der Waals surface area contributed by atoms with Crippen LogP contribution in [0, 0.1) is 0 Å². The SMILES string of the molecule is NC(=O)C1CNCCN1C(=O)c1cc(=O)[nH]c(=O)[nH]1. The average molecular weight is 267 g/mol. The fourth-order valence-corrected chi connectivity index (χ4v) is 1.94. The van der Waals surface area contributed by atoms with Gasteiger partial charge in [-0.25, -0.2) is 4.79 Å². The normalized spacial score (nSPS) is 19.2. The molecule has 0 saturated carbocycles. The zero-order valence-electron chi connectivity index (χ0n) is 9.93. The van der Waals surface area contributed by atoms with Crippen LogP contribution in [0.2, 0.25) is 0 Å². The van der Waals surface area contributed by atoms with Crippen LogP contribution in [-0.4, -0.2) is 52.4 Å². The Morgan fingerprint density at radius 1 is 1.32 bits per heavy atom. The third-order valence-electron chi connectivity index (χ3n) is 2.82. The van der Waals surface area contributed by atoms with Gasteiger partial charge in [-0.15, -0.1) is 0 Å². The van der Waals surface area contributed by atoms with Crippen LogP contribution in [0.1, 0.15) is 10.5 Å². The zero-order chi connectivity index (χ0) is 14.0.